The Morgan fingerprint density at radius 3 is 2.30 bits per heavy atom. The Bertz CT molecular complexity index is 1010. The van der Waals surface area contributed by atoms with Crippen LogP contribution in [-0.2, 0) is 14.3 Å². The van der Waals surface area contributed by atoms with Crippen LogP contribution in [-0.4, -0.2) is 53.7 Å². The second kappa shape index (κ2) is 9.65. The second-order valence-electron chi connectivity index (χ2n) is 9.02. The summed E-state index contributed by atoms with van der Waals surface area (Å²) in [6, 6.07) is 15.5. The highest BCUT2D eigenvalue weighted by Gasteiger charge is 2.40. The number of nitrogens with zero attached hydrogens (tertiary/aromatic N) is 1. The molecule has 33 heavy (non-hydrogen) atoms. The Balaban J connectivity index is 1.27. The van der Waals surface area contributed by atoms with Crippen molar-refractivity contribution in [1.29, 1.82) is 0 Å². The maximum atomic E-state index is 12.7. The lowest BCUT2D eigenvalue weighted by Crippen LogP contribution is -2.45. The zero-order valence-electron chi connectivity index (χ0n) is 19.0. The molecular weight excluding hydrogens is 420 g/mol. The number of benzene rings is 2. The van der Waals surface area contributed by atoms with Gasteiger partial charge < -0.3 is 20.1 Å². The summed E-state index contributed by atoms with van der Waals surface area (Å²) in [4.78, 5) is 38.0. The van der Waals surface area contributed by atoms with Crippen LogP contribution < -0.4 is 5.32 Å². The van der Waals surface area contributed by atoms with Crippen LogP contribution in [0.1, 0.15) is 43.7 Å². The summed E-state index contributed by atoms with van der Waals surface area (Å²) in [5.74, 6) is -1.59. The largest absolute Gasteiger partial charge is 0.480 e. The number of carboxylic acid groups (broad SMARTS) is 1. The van der Waals surface area contributed by atoms with E-state index >= 15 is 0 Å². The average molecular weight is 451 g/mol. The van der Waals surface area contributed by atoms with Gasteiger partial charge in [0.25, 0.3) is 0 Å². The van der Waals surface area contributed by atoms with Gasteiger partial charge in [0.15, 0.2) is 0 Å². The summed E-state index contributed by atoms with van der Waals surface area (Å²) in [6.07, 6.45) is 0.586. The lowest BCUT2D eigenvalue weighted by atomic mass is 9.98. The molecule has 174 valence electrons. The van der Waals surface area contributed by atoms with Crippen molar-refractivity contribution in [3.63, 3.8) is 0 Å². The number of hydrogen-bond donors (Lipinski definition) is 2. The molecule has 1 aliphatic carbocycles. The van der Waals surface area contributed by atoms with Gasteiger partial charge in [0.1, 0.15) is 12.6 Å². The van der Waals surface area contributed by atoms with Crippen LogP contribution >= 0.6 is 0 Å². The molecule has 1 heterocycles. The van der Waals surface area contributed by atoms with Gasteiger partial charge in [-0.1, -0.05) is 62.4 Å². The SMILES string of the molecule is CC(CCNC(=O)OCC1c2ccccc2-c2ccccc21)C(=O)N1CCC(C)C1C(=O)O. The number of carbonyl (C=O) groups is 3. The molecule has 2 N–H and O–H groups in total. The van der Waals surface area contributed by atoms with Crippen molar-refractivity contribution in [3.05, 3.63) is 59.7 Å². The predicted octanol–water partition coefficient (Wildman–Crippen LogP) is 3.87. The van der Waals surface area contributed by atoms with Crippen LogP contribution in [0.5, 0.6) is 0 Å². The summed E-state index contributed by atoms with van der Waals surface area (Å²) < 4.78 is 5.52. The Hall–Kier alpha value is -3.35. The average Bonchev–Trinajstić information content (AvgIpc) is 3.35. The molecule has 3 unspecified atom stereocenters. The van der Waals surface area contributed by atoms with Crippen LogP contribution in [0.25, 0.3) is 11.1 Å². The molecule has 0 aromatic heterocycles. The first-order valence-corrected chi connectivity index (χ1v) is 11.5. The molecule has 1 saturated heterocycles. The predicted molar refractivity (Wildman–Crippen MR) is 124 cm³/mol. The van der Waals surface area contributed by atoms with E-state index in [1.54, 1.807) is 6.92 Å². The maximum absolute atomic E-state index is 12.7. The molecule has 0 spiro atoms. The Morgan fingerprint density at radius 1 is 1.09 bits per heavy atom. The van der Waals surface area contributed by atoms with Gasteiger partial charge in [0, 0.05) is 24.9 Å². The highest BCUT2D eigenvalue weighted by atomic mass is 16.5. The molecule has 1 fully saturated rings. The number of alkyl carbamates (subject to hydrolysis) is 1. The Labute approximate surface area is 193 Å². The van der Waals surface area contributed by atoms with Gasteiger partial charge >= 0.3 is 12.1 Å². The van der Waals surface area contributed by atoms with E-state index < -0.39 is 18.1 Å². The molecule has 2 aromatic carbocycles. The first-order valence-electron chi connectivity index (χ1n) is 11.5. The highest BCUT2D eigenvalue weighted by molar-refractivity contribution is 5.86. The van der Waals surface area contributed by atoms with Crippen LogP contribution in [0.4, 0.5) is 4.79 Å². The van der Waals surface area contributed by atoms with E-state index in [-0.39, 0.29) is 36.8 Å². The van der Waals surface area contributed by atoms with Crippen molar-refractivity contribution in [2.75, 3.05) is 19.7 Å². The van der Waals surface area contributed by atoms with E-state index in [2.05, 4.69) is 29.6 Å². The van der Waals surface area contributed by atoms with Gasteiger partial charge in [0.05, 0.1) is 0 Å². The number of hydrogen-bond acceptors (Lipinski definition) is 4. The van der Waals surface area contributed by atoms with E-state index in [4.69, 9.17) is 4.74 Å². The molecule has 0 bridgehead atoms. The van der Waals surface area contributed by atoms with Gasteiger partial charge in [-0.3, -0.25) is 4.79 Å². The molecule has 2 amide bonds. The molecule has 7 nitrogen and oxygen atoms in total. The quantitative estimate of drug-likeness (QED) is 0.668. The van der Waals surface area contributed by atoms with Crippen molar-refractivity contribution >= 4 is 18.0 Å². The number of carbonyl (C=O) groups excluding carboxylic acids is 2. The minimum absolute atomic E-state index is 0.00578. The molecule has 1 aliphatic heterocycles. The van der Waals surface area contributed by atoms with Gasteiger partial charge in [-0.05, 0) is 41.0 Å². The number of likely N-dealkylation sites (tertiary alicyclic amines) is 1. The van der Waals surface area contributed by atoms with Crippen LogP contribution in [0, 0.1) is 11.8 Å². The maximum Gasteiger partial charge on any atom is 0.407 e. The standard InChI is InChI=1S/C26H30N2O5/c1-16-12-14-28(23(16)25(30)31)24(29)17(2)11-13-27-26(32)33-15-22-20-9-5-3-7-18(20)19-8-4-6-10-21(19)22/h3-10,16-17,22-23H,11-15H2,1-2H3,(H,27,32)(H,30,31). The summed E-state index contributed by atoms with van der Waals surface area (Å²) in [6.45, 7) is 4.60. The lowest BCUT2D eigenvalue weighted by molar-refractivity contribution is -0.150. The van der Waals surface area contributed by atoms with Gasteiger partial charge in [-0.25, -0.2) is 9.59 Å². The zero-order valence-corrected chi connectivity index (χ0v) is 19.0. The third-order valence-electron chi connectivity index (χ3n) is 6.85. The number of nitrogens with one attached hydrogen (secondary N) is 1. The number of carboxylic acids is 1. The summed E-state index contributed by atoms with van der Waals surface area (Å²) in [5.41, 5.74) is 4.65. The van der Waals surface area contributed by atoms with Crippen LogP contribution in [0.15, 0.2) is 48.5 Å². The third-order valence-corrected chi connectivity index (χ3v) is 6.85. The molecule has 2 aromatic rings. The Kier molecular flexibility index (Phi) is 6.67. The zero-order chi connectivity index (χ0) is 23.5. The lowest BCUT2D eigenvalue weighted by Gasteiger charge is -2.26. The number of fused-ring (bicyclic) bond motifs is 3. The number of amides is 2. The van der Waals surface area contributed by atoms with Crippen molar-refractivity contribution in [1.82, 2.24) is 10.2 Å². The van der Waals surface area contributed by atoms with Gasteiger partial charge in [-0.2, -0.15) is 0 Å². The molecule has 7 heteroatoms. The molecule has 4 rings (SSSR count). The van der Waals surface area contributed by atoms with E-state index in [1.165, 1.54) is 16.0 Å². The summed E-state index contributed by atoms with van der Waals surface area (Å²) >= 11 is 0. The van der Waals surface area contributed by atoms with E-state index in [0.29, 0.717) is 19.4 Å². The van der Waals surface area contributed by atoms with Gasteiger partial charge in [0.2, 0.25) is 5.91 Å². The van der Waals surface area contributed by atoms with Crippen LogP contribution in [0.3, 0.4) is 0 Å². The minimum atomic E-state index is -0.961. The second-order valence-corrected chi connectivity index (χ2v) is 9.02. The van der Waals surface area contributed by atoms with E-state index in [9.17, 15) is 19.5 Å². The fraction of sp³-hybridized carbons (Fsp3) is 0.423. The number of ether oxygens (including phenoxy) is 1. The van der Waals surface area contributed by atoms with Crippen molar-refractivity contribution in [2.24, 2.45) is 11.8 Å². The minimum Gasteiger partial charge on any atom is -0.480 e. The molecule has 2 aliphatic rings. The van der Waals surface area contributed by atoms with E-state index in [1.807, 2.05) is 31.2 Å². The topological polar surface area (TPSA) is 95.9 Å². The number of rotatable bonds is 7. The fourth-order valence-electron chi connectivity index (χ4n) is 5.02. The van der Waals surface area contributed by atoms with Crippen LogP contribution in [0.2, 0.25) is 0 Å². The monoisotopic (exact) mass is 450 g/mol. The Morgan fingerprint density at radius 2 is 1.70 bits per heavy atom. The molecular formula is C26H30N2O5. The van der Waals surface area contributed by atoms with Crippen molar-refractivity contribution in [3.8, 4) is 11.1 Å². The van der Waals surface area contributed by atoms with Crippen molar-refractivity contribution in [2.45, 2.75) is 38.6 Å². The normalized spacial score (nSPS) is 20.1. The van der Waals surface area contributed by atoms with Crippen molar-refractivity contribution < 1.29 is 24.2 Å². The highest BCUT2D eigenvalue weighted by Crippen LogP contribution is 2.44. The first-order chi connectivity index (χ1) is 15.9. The molecule has 3 atom stereocenters. The molecule has 0 saturated carbocycles. The fourth-order valence-corrected chi connectivity index (χ4v) is 5.02. The number of aliphatic carboxylic acids is 1. The van der Waals surface area contributed by atoms with E-state index in [0.717, 1.165) is 11.1 Å². The first kappa shape index (κ1) is 22.8. The van der Waals surface area contributed by atoms with Gasteiger partial charge in [-0.15, -0.1) is 0 Å². The third kappa shape index (κ3) is 4.58. The smallest absolute Gasteiger partial charge is 0.407 e. The molecule has 0 radical (unpaired) electrons. The summed E-state index contributed by atoms with van der Waals surface area (Å²) in [5, 5.41) is 12.2. The summed E-state index contributed by atoms with van der Waals surface area (Å²) in [7, 11) is 0.